The van der Waals surface area contributed by atoms with E-state index in [1.807, 2.05) is 0 Å². The summed E-state index contributed by atoms with van der Waals surface area (Å²) in [6.45, 7) is 1.94. The minimum Gasteiger partial charge on any atom is -0.462 e. The van der Waals surface area contributed by atoms with Crippen LogP contribution in [0.4, 0.5) is 0 Å². The average Bonchev–Trinajstić information content (AvgIpc) is 2.47. The third-order valence-corrected chi connectivity index (χ3v) is 4.95. The van der Waals surface area contributed by atoms with Gasteiger partial charge in [-0.2, -0.15) is 8.42 Å². The van der Waals surface area contributed by atoms with Crippen molar-refractivity contribution in [3.8, 4) is 5.75 Å². The smallest absolute Gasteiger partial charge is 0.342 e. The van der Waals surface area contributed by atoms with E-state index >= 15 is 0 Å². The SMILES string of the molecule is CCOC(=O)c1ccc(OS(=O)(=O)c2c(Cl)cccc2Cl)cc1. The molecular weight excluding hydrogens is 363 g/mol. The van der Waals surface area contributed by atoms with Crippen LogP contribution >= 0.6 is 23.2 Å². The average molecular weight is 375 g/mol. The second kappa shape index (κ2) is 7.21. The van der Waals surface area contributed by atoms with Gasteiger partial charge in [0.05, 0.1) is 22.2 Å². The van der Waals surface area contributed by atoms with E-state index in [-0.39, 0.29) is 32.9 Å². The topological polar surface area (TPSA) is 69.7 Å². The summed E-state index contributed by atoms with van der Waals surface area (Å²) in [5.74, 6) is -0.481. The lowest BCUT2D eigenvalue weighted by atomic mass is 10.2. The molecule has 0 amide bonds. The maximum Gasteiger partial charge on any atom is 0.342 e. The number of rotatable bonds is 5. The summed E-state index contributed by atoms with van der Waals surface area (Å²) in [7, 11) is -4.20. The monoisotopic (exact) mass is 374 g/mol. The van der Waals surface area contributed by atoms with E-state index in [0.717, 1.165) is 0 Å². The molecule has 0 saturated heterocycles. The first-order valence-corrected chi connectivity index (χ1v) is 8.67. The highest BCUT2D eigenvalue weighted by Gasteiger charge is 2.24. The molecule has 0 unspecified atom stereocenters. The lowest BCUT2D eigenvalue weighted by Gasteiger charge is -2.10. The fourth-order valence-corrected chi connectivity index (χ4v) is 3.78. The van der Waals surface area contributed by atoms with E-state index in [1.54, 1.807) is 6.92 Å². The number of esters is 1. The molecule has 2 aromatic rings. The van der Waals surface area contributed by atoms with Gasteiger partial charge in [0.2, 0.25) is 0 Å². The van der Waals surface area contributed by atoms with Gasteiger partial charge in [-0.05, 0) is 43.3 Å². The standard InChI is InChI=1S/C15H12Cl2O5S/c1-2-21-15(18)10-6-8-11(9-7-10)22-23(19,20)14-12(16)4-3-5-13(14)17/h3-9H,2H2,1H3. The highest BCUT2D eigenvalue weighted by atomic mass is 35.5. The summed E-state index contributed by atoms with van der Waals surface area (Å²) in [6.07, 6.45) is 0. The molecule has 2 aromatic carbocycles. The Morgan fingerprint density at radius 1 is 1.04 bits per heavy atom. The maximum absolute atomic E-state index is 12.3. The molecule has 23 heavy (non-hydrogen) atoms. The van der Waals surface area contributed by atoms with Crippen LogP contribution < -0.4 is 4.18 Å². The van der Waals surface area contributed by atoms with Crippen LogP contribution in [-0.2, 0) is 14.9 Å². The third kappa shape index (κ3) is 4.16. The molecule has 122 valence electrons. The van der Waals surface area contributed by atoms with Crippen molar-refractivity contribution >= 4 is 39.3 Å². The van der Waals surface area contributed by atoms with Gasteiger partial charge < -0.3 is 8.92 Å². The van der Waals surface area contributed by atoms with Crippen LogP contribution in [0.3, 0.4) is 0 Å². The molecule has 0 aliphatic heterocycles. The number of carbonyl (C=O) groups excluding carboxylic acids is 1. The molecule has 8 heteroatoms. The Labute approximate surface area is 143 Å². The molecule has 0 bridgehead atoms. The fourth-order valence-electron chi connectivity index (χ4n) is 1.75. The van der Waals surface area contributed by atoms with Crippen molar-refractivity contribution in [2.24, 2.45) is 0 Å². The summed E-state index contributed by atoms with van der Waals surface area (Å²) in [5.41, 5.74) is 0.285. The lowest BCUT2D eigenvalue weighted by molar-refractivity contribution is 0.0526. The van der Waals surface area contributed by atoms with Crippen LogP contribution in [0, 0.1) is 0 Å². The highest BCUT2D eigenvalue weighted by Crippen LogP contribution is 2.31. The molecule has 0 aliphatic carbocycles. The zero-order valence-corrected chi connectivity index (χ0v) is 14.3. The predicted molar refractivity (Wildman–Crippen MR) is 86.7 cm³/mol. The number of carbonyl (C=O) groups is 1. The number of ether oxygens (including phenoxy) is 1. The minimum absolute atomic E-state index is 0.0223. The Morgan fingerprint density at radius 3 is 2.13 bits per heavy atom. The van der Waals surface area contributed by atoms with Crippen LogP contribution in [0.15, 0.2) is 47.4 Å². The summed E-state index contributed by atoms with van der Waals surface area (Å²) in [6, 6.07) is 9.80. The van der Waals surface area contributed by atoms with Crippen molar-refractivity contribution in [1.29, 1.82) is 0 Å². The molecule has 0 spiro atoms. The van der Waals surface area contributed by atoms with Gasteiger partial charge in [-0.15, -0.1) is 0 Å². The van der Waals surface area contributed by atoms with Crippen molar-refractivity contribution in [3.05, 3.63) is 58.1 Å². The van der Waals surface area contributed by atoms with Crippen LogP contribution in [-0.4, -0.2) is 21.0 Å². The van der Waals surface area contributed by atoms with Gasteiger partial charge in [0, 0.05) is 0 Å². The highest BCUT2D eigenvalue weighted by molar-refractivity contribution is 7.87. The van der Waals surface area contributed by atoms with Crippen molar-refractivity contribution < 1.29 is 22.1 Å². The van der Waals surface area contributed by atoms with E-state index in [0.29, 0.717) is 0 Å². The van der Waals surface area contributed by atoms with Crippen molar-refractivity contribution in [2.45, 2.75) is 11.8 Å². The minimum atomic E-state index is -4.20. The van der Waals surface area contributed by atoms with Gasteiger partial charge in [0.1, 0.15) is 10.6 Å². The largest absolute Gasteiger partial charge is 0.462 e. The van der Waals surface area contributed by atoms with E-state index < -0.39 is 16.1 Å². The van der Waals surface area contributed by atoms with E-state index in [9.17, 15) is 13.2 Å². The lowest BCUT2D eigenvalue weighted by Crippen LogP contribution is -2.11. The van der Waals surface area contributed by atoms with Crippen LogP contribution in [0.25, 0.3) is 0 Å². The quantitative estimate of drug-likeness (QED) is 0.585. The number of hydrogen-bond acceptors (Lipinski definition) is 5. The van der Waals surface area contributed by atoms with Gasteiger partial charge in [0.25, 0.3) is 0 Å². The van der Waals surface area contributed by atoms with E-state index in [1.165, 1.54) is 42.5 Å². The third-order valence-electron chi connectivity index (χ3n) is 2.74. The van der Waals surface area contributed by atoms with Gasteiger partial charge >= 0.3 is 16.1 Å². The molecule has 5 nitrogen and oxygen atoms in total. The zero-order valence-electron chi connectivity index (χ0n) is 12.0. The van der Waals surface area contributed by atoms with Gasteiger partial charge in [-0.3, -0.25) is 0 Å². The first kappa shape index (κ1) is 17.6. The normalized spacial score (nSPS) is 11.1. The van der Waals surface area contributed by atoms with Crippen molar-refractivity contribution in [1.82, 2.24) is 0 Å². The van der Waals surface area contributed by atoms with E-state index in [4.69, 9.17) is 32.1 Å². The molecule has 0 saturated carbocycles. The molecule has 0 radical (unpaired) electrons. The second-order valence-electron chi connectivity index (χ2n) is 4.33. The molecule has 0 fully saturated rings. The molecule has 0 N–H and O–H groups in total. The molecule has 2 rings (SSSR count). The Balaban J connectivity index is 2.26. The summed E-state index contributed by atoms with van der Waals surface area (Å²) in [4.78, 5) is 11.2. The Morgan fingerprint density at radius 2 is 1.61 bits per heavy atom. The van der Waals surface area contributed by atoms with Crippen LogP contribution in [0.1, 0.15) is 17.3 Å². The molecule has 0 heterocycles. The summed E-state index contributed by atoms with van der Waals surface area (Å²) >= 11 is 11.8. The van der Waals surface area contributed by atoms with Gasteiger partial charge in [-0.25, -0.2) is 4.79 Å². The number of halogens is 2. The molecule has 0 aliphatic rings. The zero-order chi connectivity index (χ0) is 17.0. The van der Waals surface area contributed by atoms with Gasteiger partial charge in [0.15, 0.2) is 0 Å². The second-order valence-corrected chi connectivity index (χ2v) is 6.63. The Kier molecular flexibility index (Phi) is 5.51. The van der Waals surface area contributed by atoms with Gasteiger partial charge in [-0.1, -0.05) is 29.3 Å². The first-order valence-electron chi connectivity index (χ1n) is 6.51. The Bertz CT molecular complexity index is 796. The first-order chi connectivity index (χ1) is 10.8. The predicted octanol–water partition coefficient (Wildman–Crippen LogP) is 3.94. The molecular formula is C15H12Cl2O5S. The maximum atomic E-state index is 12.3. The van der Waals surface area contributed by atoms with Crippen LogP contribution in [0.2, 0.25) is 10.0 Å². The summed E-state index contributed by atoms with van der Waals surface area (Å²) in [5, 5.41) is -0.0821. The summed E-state index contributed by atoms with van der Waals surface area (Å²) < 4.78 is 34.4. The van der Waals surface area contributed by atoms with Crippen LogP contribution in [0.5, 0.6) is 5.75 Å². The Hall–Kier alpha value is -1.76. The van der Waals surface area contributed by atoms with E-state index in [2.05, 4.69) is 0 Å². The number of benzene rings is 2. The fraction of sp³-hybridized carbons (Fsp3) is 0.133. The molecule has 0 atom stereocenters. The number of hydrogen-bond donors (Lipinski definition) is 0. The van der Waals surface area contributed by atoms with Crippen molar-refractivity contribution in [2.75, 3.05) is 6.61 Å². The molecule has 0 aromatic heterocycles. The van der Waals surface area contributed by atoms with Crippen molar-refractivity contribution in [3.63, 3.8) is 0 Å².